The predicted molar refractivity (Wildman–Crippen MR) is 80.0 cm³/mol. The molecule has 0 unspecified atom stereocenters. The lowest BCUT2D eigenvalue weighted by atomic mass is 9.94. The van der Waals surface area contributed by atoms with E-state index in [4.69, 9.17) is 16.3 Å². The minimum Gasteiger partial charge on any atom is -0.478 e. The van der Waals surface area contributed by atoms with Crippen LogP contribution >= 0.6 is 11.6 Å². The lowest BCUT2D eigenvalue weighted by Gasteiger charge is -2.28. The van der Waals surface area contributed by atoms with Gasteiger partial charge in [-0.1, -0.05) is 25.4 Å². The van der Waals surface area contributed by atoms with Crippen LogP contribution in [0.15, 0.2) is 24.3 Å². The largest absolute Gasteiger partial charge is 0.478 e. The van der Waals surface area contributed by atoms with Crippen molar-refractivity contribution in [2.45, 2.75) is 33.3 Å². The van der Waals surface area contributed by atoms with Gasteiger partial charge >= 0.3 is 0 Å². The number of aliphatic hydroxyl groups excluding tert-OH is 1. The second kappa shape index (κ2) is 6.46. The molecule has 0 spiro atoms. The summed E-state index contributed by atoms with van der Waals surface area (Å²) in [5.74, 6) is 0.352. The molecule has 5 heteroatoms. The van der Waals surface area contributed by atoms with Crippen LogP contribution in [0.25, 0.3) is 0 Å². The Morgan fingerprint density at radius 2 is 1.80 bits per heavy atom. The monoisotopic (exact) mass is 299 g/mol. The van der Waals surface area contributed by atoms with Crippen LogP contribution in [0.2, 0.25) is 5.02 Å². The highest BCUT2D eigenvalue weighted by molar-refractivity contribution is 6.30. The number of amides is 1. The average molecular weight is 300 g/mol. The van der Waals surface area contributed by atoms with E-state index in [0.717, 1.165) is 0 Å². The molecule has 0 radical (unpaired) electrons. The van der Waals surface area contributed by atoms with Crippen LogP contribution in [0.1, 0.15) is 27.7 Å². The van der Waals surface area contributed by atoms with Gasteiger partial charge in [-0.15, -0.1) is 0 Å². The van der Waals surface area contributed by atoms with Gasteiger partial charge < -0.3 is 15.2 Å². The van der Waals surface area contributed by atoms with Gasteiger partial charge in [0.2, 0.25) is 0 Å². The number of hydrogen-bond acceptors (Lipinski definition) is 3. The number of ether oxygens (including phenoxy) is 1. The third-order valence-electron chi connectivity index (χ3n) is 2.89. The van der Waals surface area contributed by atoms with Crippen molar-refractivity contribution < 1.29 is 14.6 Å². The third kappa shape index (κ3) is 5.02. The summed E-state index contributed by atoms with van der Waals surface area (Å²) >= 11 is 5.80. The Kier molecular flexibility index (Phi) is 5.42. The van der Waals surface area contributed by atoms with E-state index in [0.29, 0.717) is 17.3 Å². The van der Waals surface area contributed by atoms with Crippen molar-refractivity contribution in [1.29, 1.82) is 0 Å². The van der Waals surface area contributed by atoms with Crippen molar-refractivity contribution in [2.75, 3.05) is 13.2 Å². The van der Waals surface area contributed by atoms with Crippen molar-refractivity contribution in [1.82, 2.24) is 5.32 Å². The quantitative estimate of drug-likeness (QED) is 0.849. The molecule has 0 aliphatic rings. The lowest BCUT2D eigenvalue weighted by Crippen LogP contribution is -2.49. The van der Waals surface area contributed by atoms with Gasteiger partial charge in [-0.3, -0.25) is 4.79 Å². The number of rotatable bonds is 6. The lowest BCUT2D eigenvalue weighted by molar-refractivity contribution is -0.134. The zero-order valence-electron chi connectivity index (χ0n) is 12.4. The van der Waals surface area contributed by atoms with Crippen LogP contribution < -0.4 is 10.1 Å². The summed E-state index contributed by atoms with van der Waals surface area (Å²) < 4.78 is 5.68. The summed E-state index contributed by atoms with van der Waals surface area (Å²) in [6, 6.07) is 6.85. The molecule has 1 rings (SSSR count). The normalized spacial score (nSPS) is 12.1. The molecular weight excluding hydrogens is 278 g/mol. The highest BCUT2D eigenvalue weighted by Gasteiger charge is 2.31. The van der Waals surface area contributed by atoms with Crippen molar-refractivity contribution >= 4 is 17.5 Å². The number of benzene rings is 1. The molecule has 0 aromatic heterocycles. The molecular formula is C15H22ClNO3. The van der Waals surface area contributed by atoms with Crippen LogP contribution in [-0.2, 0) is 4.79 Å². The van der Waals surface area contributed by atoms with Crippen molar-refractivity contribution in [2.24, 2.45) is 5.41 Å². The van der Waals surface area contributed by atoms with Gasteiger partial charge in [-0.05, 0) is 38.1 Å². The van der Waals surface area contributed by atoms with E-state index in [9.17, 15) is 9.90 Å². The minimum atomic E-state index is -1.00. The molecule has 0 saturated carbocycles. The first-order valence-electron chi connectivity index (χ1n) is 6.50. The van der Waals surface area contributed by atoms with Gasteiger partial charge in [0.1, 0.15) is 5.75 Å². The molecule has 112 valence electrons. The second-order valence-corrected chi connectivity index (χ2v) is 6.51. The Labute approximate surface area is 125 Å². The first kappa shape index (κ1) is 16.8. The summed E-state index contributed by atoms with van der Waals surface area (Å²) in [5.41, 5.74) is -1.36. The molecule has 2 N–H and O–H groups in total. The Morgan fingerprint density at radius 1 is 1.25 bits per heavy atom. The van der Waals surface area contributed by atoms with Gasteiger partial charge in [0.15, 0.2) is 5.60 Å². The first-order valence-corrected chi connectivity index (χ1v) is 6.88. The van der Waals surface area contributed by atoms with E-state index in [1.165, 1.54) is 0 Å². The number of carbonyl (C=O) groups excluding carboxylic acids is 1. The van der Waals surface area contributed by atoms with Gasteiger partial charge in [-0.2, -0.15) is 0 Å². The summed E-state index contributed by atoms with van der Waals surface area (Å²) in [7, 11) is 0. The van der Waals surface area contributed by atoms with Crippen molar-refractivity contribution in [3.05, 3.63) is 29.3 Å². The molecule has 1 amide bonds. The van der Waals surface area contributed by atoms with Crippen LogP contribution in [0.4, 0.5) is 0 Å². The van der Waals surface area contributed by atoms with E-state index in [1.807, 2.05) is 13.8 Å². The van der Waals surface area contributed by atoms with Crippen LogP contribution in [0, 0.1) is 5.41 Å². The number of aliphatic hydroxyl groups is 1. The summed E-state index contributed by atoms with van der Waals surface area (Å²) in [5, 5.41) is 12.6. The van der Waals surface area contributed by atoms with Crippen molar-refractivity contribution in [3.63, 3.8) is 0 Å². The summed E-state index contributed by atoms with van der Waals surface area (Å²) in [4.78, 5) is 12.2. The first-order chi connectivity index (χ1) is 9.16. The Bertz CT molecular complexity index is 455. The maximum atomic E-state index is 12.2. The average Bonchev–Trinajstić information content (AvgIpc) is 2.38. The number of nitrogens with one attached hydrogen (secondary N) is 1. The highest BCUT2D eigenvalue weighted by Crippen LogP contribution is 2.21. The number of halogens is 1. The predicted octanol–water partition coefficient (Wildman–Crippen LogP) is 2.63. The molecule has 0 atom stereocenters. The topological polar surface area (TPSA) is 58.6 Å². The molecule has 0 heterocycles. The van der Waals surface area contributed by atoms with Crippen molar-refractivity contribution in [3.8, 4) is 5.75 Å². The maximum Gasteiger partial charge on any atom is 0.263 e. The highest BCUT2D eigenvalue weighted by atomic mass is 35.5. The molecule has 1 aromatic carbocycles. The zero-order valence-corrected chi connectivity index (χ0v) is 13.1. The standard InChI is InChI=1S/C15H22ClNO3/c1-14(2,10-18)9-17-13(19)15(3,4)20-12-7-5-11(16)6-8-12/h5-8,18H,9-10H2,1-4H3,(H,17,19). The van der Waals surface area contributed by atoms with Gasteiger partial charge in [-0.25, -0.2) is 0 Å². The van der Waals surface area contributed by atoms with E-state index in [2.05, 4.69) is 5.32 Å². The minimum absolute atomic E-state index is 0.00570. The SMILES string of the molecule is CC(C)(CO)CNC(=O)C(C)(C)Oc1ccc(Cl)cc1. The smallest absolute Gasteiger partial charge is 0.263 e. The fourth-order valence-electron chi connectivity index (χ4n) is 1.43. The molecule has 0 bridgehead atoms. The Morgan fingerprint density at radius 3 is 2.30 bits per heavy atom. The van der Waals surface area contributed by atoms with Crippen LogP contribution in [-0.4, -0.2) is 29.8 Å². The maximum absolute atomic E-state index is 12.2. The van der Waals surface area contributed by atoms with Gasteiger partial charge in [0.05, 0.1) is 0 Å². The Balaban J connectivity index is 2.63. The molecule has 0 fully saturated rings. The van der Waals surface area contributed by atoms with E-state index >= 15 is 0 Å². The van der Waals surface area contributed by atoms with Crippen LogP contribution in [0.5, 0.6) is 5.75 Å². The second-order valence-electron chi connectivity index (χ2n) is 6.07. The number of hydrogen-bond donors (Lipinski definition) is 2. The molecule has 0 aliphatic carbocycles. The van der Waals surface area contributed by atoms with E-state index in [1.54, 1.807) is 38.1 Å². The zero-order chi connectivity index (χ0) is 15.4. The van der Waals surface area contributed by atoms with Crippen LogP contribution in [0.3, 0.4) is 0 Å². The van der Waals surface area contributed by atoms with Gasteiger partial charge in [0, 0.05) is 23.6 Å². The molecule has 4 nitrogen and oxygen atoms in total. The molecule has 0 aliphatic heterocycles. The fourth-order valence-corrected chi connectivity index (χ4v) is 1.56. The Hall–Kier alpha value is -1.26. The summed E-state index contributed by atoms with van der Waals surface area (Å²) in [6.45, 7) is 7.54. The van der Waals surface area contributed by atoms with E-state index < -0.39 is 5.60 Å². The number of carbonyl (C=O) groups is 1. The fraction of sp³-hybridized carbons (Fsp3) is 0.533. The van der Waals surface area contributed by atoms with Gasteiger partial charge in [0.25, 0.3) is 5.91 Å². The molecule has 0 saturated heterocycles. The third-order valence-corrected chi connectivity index (χ3v) is 3.14. The summed E-state index contributed by atoms with van der Waals surface area (Å²) in [6.07, 6.45) is 0. The molecule has 20 heavy (non-hydrogen) atoms. The molecule has 1 aromatic rings. The van der Waals surface area contributed by atoms with E-state index in [-0.39, 0.29) is 17.9 Å².